The third-order valence-corrected chi connectivity index (χ3v) is 4.31. The Morgan fingerprint density at radius 2 is 1.95 bits per heavy atom. The van der Waals surface area contributed by atoms with Crippen molar-refractivity contribution in [2.45, 2.75) is 12.7 Å². The second kappa shape index (κ2) is 5.71. The maximum atomic E-state index is 12.1. The summed E-state index contributed by atoms with van der Waals surface area (Å²) >= 11 is 3.20. The standard InChI is InChI=1S/C13H13BrN2O2S/c1-10-4-2-3-5-11(10)9-19(17,18)16-12-6-7-13(14)15-8-12/h2-8,16H,9H2,1H3. The lowest BCUT2D eigenvalue weighted by atomic mass is 10.1. The van der Waals surface area contributed by atoms with Crippen LogP contribution in [0.15, 0.2) is 47.2 Å². The Kier molecular flexibility index (Phi) is 4.21. The highest BCUT2D eigenvalue weighted by Crippen LogP contribution is 2.16. The molecule has 1 aromatic heterocycles. The predicted molar refractivity (Wildman–Crippen MR) is 79.4 cm³/mol. The second-order valence-corrected chi connectivity index (χ2v) is 6.69. The summed E-state index contributed by atoms with van der Waals surface area (Å²) in [5.74, 6) is -0.0459. The molecule has 2 aromatic rings. The van der Waals surface area contributed by atoms with E-state index in [2.05, 4.69) is 25.6 Å². The van der Waals surface area contributed by atoms with E-state index in [0.29, 0.717) is 10.3 Å². The zero-order valence-corrected chi connectivity index (χ0v) is 12.7. The van der Waals surface area contributed by atoms with Gasteiger partial charge in [-0.3, -0.25) is 4.72 Å². The van der Waals surface area contributed by atoms with E-state index in [4.69, 9.17) is 0 Å². The Morgan fingerprint density at radius 3 is 2.58 bits per heavy atom. The van der Waals surface area contributed by atoms with Crippen LogP contribution in [0, 0.1) is 6.92 Å². The van der Waals surface area contributed by atoms with Gasteiger partial charge in [-0.05, 0) is 46.1 Å². The molecule has 1 aromatic carbocycles. The minimum atomic E-state index is -3.43. The molecule has 0 saturated heterocycles. The molecule has 100 valence electrons. The molecule has 0 atom stereocenters. The van der Waals surface area contributed by atoms with Crippen molar-refractivity contribution in [3.05, 3.63) is 58.3 Å². The van der Waals surface area contributed by atoms with Crippen LogP contribution >= 0.6 is 15.9 Å². The summed E-state index contributed by atoms with van der Waals surface area (Å²) < 4.78 is 27.3. The van der Waals surface area contributed by atoms with Crippen molar-refractivity contribution in [2.24, 2.45) is 0 Å². The fourth-order valence-corrected chi connectivity index (χ4v) is 3.15. The van der Waals surface area contributed by atoms with E-state index in [-0.39, 0.29) is 5.75 Å². The Balaban J connectivity index is 2.15. The maximum absolute atomic E-state index is 12.1. The SMILES string of the molecule is Cc1ccccc1CS(=O)(=O)Nc1ccc(Br)nc1. The molecule has 0 aliphatic heterocycles. The monoisotopic (exact) mass is 340 g/mol. The van der Waals surface area contributed by atoms with Crippen molar-refractivity contribution in [3.63, 3.8) is 0 Å². The van der Waals surface area contributed by atoms with Gasteiger partial charge in [0.25, 0.3) is 0 Å². The van der Waals surface area contributed by atoms with Crippen LogP contribution in [-0.4, -0.2) is 13.4 Å². The van der Waals surface area contributed by atoms with Crippen LogP contribution in [0.5, 0.6) is 0 Å². The molecule has 0 amide bonds. The lowest BCUT2D eigenvalue weighted by molar-refractivity contribution is 0.600. The molecule has 2 rings (SSSR count). The normalized spacial score (nSPS) is 11.3. The van der Waals surface area contributed by atoms with Gasteiger partial charge in [0.2, 0.25) is 10.0 Å². The summed E-state index contributed by atoms with van der Waals surface area (Å²) in [6.45, 7) is 1.89. The molecular formula is C13H13BrN2O2S. The summed E-state index contributed by atoms with van der Waals surface area (Å²) in [4.78, 5) is 3.98. The van der Waals surface area contributed by atoms with E-state index in [1.165, 1.54) is 6.20 Å². The number of pyridine rings is 1. The first kappa shape index (κ1) is 14.0. The summed E-state index contributed by atoms with van der Waals surface area (Å²) in [5, 5.41) is 0. The Labute approximate surface area is 121 Å². The topological polar surface area (TPSA) is 59.1 Å². The molecule has 1 N–H and O–H groups in total. The zero-order valence-electron chi connectivity index (χ0n) is 10.3. The predicted octanol–water partition coefficient (Wildman–Crippen LogP) is 3.09. The smallest absolute Gasteiger partial charge is 0.236 e. The van der Waals surface area contributed by atoms with E-state index in [1.54, 1.807) is 12.1 Å². The third kappa shape index (κ3) is 4.04. The lowest BCUT2D eigenvalue weighted by Gasteiger charge is -2.09. The number of nitrogens with zero attached hydrogens (tertiary/aromatic N) is 1. The fourth-order valence-electron chi connectivity index (χ4n) is 1.63. The summed E-state index contributed by atoms with van der Waals surface area (Å²) in [7, 11) is -3.43. The van der Waals surface area contributed by atoms with Gasteiger partial charge in [-0.1, -0.05) is 24.3 Å². The minimum absolute atomic E-state index is 0.0459. The number of nitrogens with one attached hydrogen (secondary N) is 1. The largest absolute Gasteiger partial charge is 0.282 e. The lowest BCUT2D eigenvalue weighted by Crippen LogP contribution is -2.15. The Hall–Kier alpha value is -1.40. The van der Waals surface area contributed by atoms with Crippen molar-refractivity contribution in [2.75, 3.05) is 4.72 Å². The number of anilines is 1. The number of halogens is 1. The number of sulfonamides is 1. The van der Waals surface area contributed by atoms with E-state index >= 15 is 0 Å². The first-order chi connectivity index (χ1) is 8.96. The van der Waals surface area contributed by atoms with Gasteiger partial charge in [0, 0.05) is 0 Å². The maximum Gasteiger partial charge on any atom is 0.236 e. The molecule has 4 nitrogen and oxygen atoms in total. The summed E-state index contributed by atoms with van der Waals surface area (Å²) in [5.41, 5.74) is 2.21. The molecule has 1 heterocycles. The highest BCUT2D eigenvalue weighted by molar-refractivity contribution is 9.10. The summed E-state index contributed by atoms with van der Waals surface area (Å²) in [6, 6.07) is 10.8. The van der Waals surface area contributed by atoms with Crippen molar-refractivity contribution < 1.29 is 8.42 Å². The number of benzene rings is 1. The second-order valence-electron chi connectivity index (χ2n) is 4.16. The highest BCUT2D eigenvalue weighted by atomic mass is 79.9. The number of rotatable bonds is 4. The number of hydrogen-bond acceptors (Lipinski definition) is 3. The molecule has 0 fully saturated rings. The van der Waals surface area contributed by atoms with E-state index in [1.807, 2.05) is 31.2 Å². The van der Waals surface area contributed by atoms with Gasteiger partial charge >= 0.3 is 0 Å². The highest BCUT2D eigenvalue weighted by Gasteiger charge is 2.13. The molecular weight excluding hydrogens is 328 g/mol. The van der Waals surface area contributed by atoms with Crippen LogP contribution in [-0.2, 0) is 15.8 Å². The molecule has 6 heteroatoms. The Morgan fingerprint density at radius 1 is 1.21 bits per heavy atom. The van der Waals surface area contributed by atoms with Crippen LogP contribution in [0.1, 0.15) is 11.1 Å². The van der Waals surface area contributed by atoms with Gasteiger partial charge < -0.3 is 0 Å². The molecule has 0 aliphatic rings. The molecule has 0 spiro atoms. The summed E-state index contributed by atoms with van der Waals surface area (Å²) in [6.07, 6.45) is 1.47. The van der Waals surface area contributed by atoms with Crippen molar-refractivity contribution in [1.82, 2.24) is 4.98 Å². The van der Waals surface area contributed by atoms with Gasteiger partial charge in [-0.15, -0.1) is 0 Å². The van der Waals surface area contributed by atoms with Crippen LogP contribution in [0.3, 0.4) is 0 Å². The molecule has 0 radical (unpaired) electrons. The molecule has 0 unspecified atom stereocenters. The van der Waals surface area contributed by atoms with Crippen molar-refractivity contribution >= 4 is 31.6 Å². The first-order valence-corrected chi connectivity index (χ1v) is 8.07. The van der Waals surface area contributed by atoms with E-state index in [0.717, 1.165) is 11.1 Å². The van der Waals surface area contributed by atoms with E-state index < -0.39 is 10.0 Å². The van der Waals surface area contributed by atoms with Gasteiger partial charge in [-0.2, -0.15) is 0 Å². The molecule has 19 heavy (non-hydrogen) atoms. The number of aromatic nitrogens is 1. The average molecular weight is 341 g/mol. The minimum Gasteiger partial charge on any atom is -0.282 e. The van der Waals surface area contributed by atoms with Crippen molar-refractivity contribution in [1.29, 1.82) is 0 Å². The average Bonchev–Trinajstić information content (AvgIpc) is 2.35. The van der Waals surface area contributed by atoms with Crippen LogP contribution in [0.2, 0.25) is 0 Å². The van der Waals surface area contributed by atoms with Gasteiger partial charge in [0.1, 0.15) is 4.60 Å². The molecule has 0 saturated carbocycles. The van der Waals surface area contributed by atoms with Crippen LogP contribution in [0.25, 0.3) is 0 Å². The van der Waals surface area contributed by atoms with Gasteiger partial charge in [0.05, 0.1) is 17.6 Å². The van der Waals surface area contributed by atoms with Gasteiger partial charge in [0.15, 0.2) is 0 Å². The molecule has 0 aliphatic carbocycles. The first-order valence-electron chi connectivity index (χ1n) is 5.63. The number of hydrogen-bond donors (Lipinski definition) is 1. The van der Waals surface area contributed by atoms with Gasteiger partial charge in [-0.25, -0.2) is 13.4 Å². The number of aryl methyl sites for hydroxylation is 1. The fraction of sp³-hybridized carbons (Fsp3) is 0.154. The van der Waals surface area contributed by atoms with Crippen LogP contribution in [0.4, 0.5) is 5.69 Å². The van der Waals surface area contributed by atoms with Crippen LogP contribution < -0.4 is 4.72 Å². The molecule has 0 bridgehead atoms. The zero-order chi connectivity index (χ0) is 13.9. The third-order valence-electron chi connectivity index (χ3n) is 2.61. The Bertz CT molecular complexity index is 669. The van der Waals surface area contributed by atoms with E-state index in [9.17, 15) is 8.42 Å². The quantitative estimate of drug-likeness (QED) is 0.870. The van der Waals surface area contributed by atoms with Crippen molar-refractivity contribution in [3.8, 4) is 0 Å².